The fourth-order valence-corrected chi connectivity index (χ4v) is 1.64. The van der Waals surface area contributed by atoms with E-state index in [9.17, 15) is 8.78 Å². The predicted octanol–water partition coefficient (Wildman–Crippen LogP) is 1.03. The van der Waals surface area contributed by atoms with Gasteiger partial charge in [-0.15, -0.1) is 0 Å². The van der Waals surface area contributed by atoms with Crippen LogP contribution in [0.4, 0.5) is 8.78 Å². The molecule has 84 valence electrons. The van der Waals surface area contributed by atoms with E-state index in [0.29, 0.717) is 6.61 Å². The summed E-state index contributed by atoms with van der Waals surface area (Å²) in [4.78, 5) is 0. The van der Waals surface area contributed by atoms with Crippen LogP contribution in [-0.2, 0) is 9.47 Å². The summed E-state index contributed by atoms with van der Waals surface area (Å²) in [6, 6.07) is 0.234. The third-order valence-corrected chi connectivity index (χ3v) is 2.42. The average Bonchev–Trinajstić information content (AvgIpc) is 2.12. The molecule has 0 aromatic heterocycles. The number of hydrogen-bond donors (Lipinski definition) is 1. The van der Waals surface area contributed by atoms with E-state index in [0.717, 1.165) is 6.42 Å². The van der Waals surface area contributed by atoms with Crippen LogP contribution in [0, 0.1) is 0 Å². The van der Waals surface area contributed by atoms with Crippen molar-refractivity contribution in [1.82, 2.24) is 5.32 Å². The minimum Gasteiger partial charge on any atom is -0.374 e. The largest absolute Gasteiger partial charge is 0.374 e. The van der Waals surface area contributed by atoms with E-state index >= 15 is 0 Å². The van der Waals surface area contributed by atoms with Gasteiger partial charge in [0.15, 0.2) is 0 Å². The van der Waals surface area contributed by atoms with Gasteiger partial charge in [-0.3, -0.25) is 0 Å². The summed E-state index contributed by atoms with van der Waals surface area (Å²) in [5.41, 5.74) is 0. The molecule has 0 radical (unpaired) electrons. The summed E-state index contributed by atoms with van der Waals surface area (Å²) < 4.78 is 34.1. The molecule has 1 fully saturated rings. The molecular formula is C9H17F2NO2. The standard InChI is InChI=1S/C9H17F2NO2/c1-3-13-9-6(12-2)4-7(9)14-5-8(10)11/h6-9,12H,3-5H2,1-2H3. The van der Waals surface area contributed by atoms with Crippen molar-refractivity contribution in [3.8, 4) is 0 Å². The first-order valence-corrected chi connectivity index (χ1v) is 4.87. The molecule has 1 aliphatic carbocycles. The Kier molecular flexibility index (Phi) is 4.71. The normalized spacial score (nSPS) is 31.9. The minimum atomic E-state index is -2.40. The first kappa shape index (κ1) is 11.8. The van der Waals surface area contributed by atoms with Crippen molar-refractivity contribution < 1.29 is 18.3 Å². The van der Waals surface area contributed by atoms with Crippen LogP contribution in [-0.4, -0.2) is 44.9 Å². The second kappa shape index (κ2) is 5.58. The second-order valence-corrected chi connectivity index (χ2v) is 3.31. The van der Waals surface area contributed by atoms with Crippen LogP contribution in [0.5, 0.6) is 0 Å². The number of alkyl halides is 2. The lowest BCUT2D eigenvalue weighted by Gasteiger charge is -2.43. The van der Waals surface area contributed by atoms with Crippen LogP contribution >= 0.6 is 0 Å². The molecule has 3 unspecified atom stereocenters. The van der Waals surface area contributed by atoms with Gasteiger partial charge in [-0.1, -0.05) is 0 Å². The van der Waals surface area contributed by atoms with Crippen molar-refractivity contribution in [3.63, 3.8) is 0 Å². The van der Waals surface area contributed by atoms with Crippen molar-refractivity contribution in [1.29, 1.82) is 0 Å². The minimum absolute atomic E-state index is 0.0799. The van der Waals surface area contributed by atoms with Gasteiger partial charge in [-0.25, -0.2) is 8.78 Å². The first-order chi connectivity index (χ1) is 6.69. The Morgan fingerprint density at radius 2 is 2.14 bits per heavy atom. The predicted molar refractivity (Wildman–Crippen MR) is 48.6 cm³/mol. The summed E-state index contributed by atoms with van der Waals surface area (Å²) >= 11 is 0. The van der Waals surface area contributed by atoms with Crippen LogP contribution in [0.25, 0.3) is 0 Å². The fourth-order valence-electron chi connectivity index (χ4n) is 1.64. The monoisotopic (exact) mass is 209 g/mol. The van der Waals surface area contributed by atoms with Gasteiger partial charge in [0.2, 0.25) is 0 Å². The van der Waals surface area contributed by atoms with Gasteiger partial charge in [0.25, 0.3) is 6.43 Å². The average molecular weight is 209 g/mol. The molecule has 0 saturated heterocycles. The first-order valence-electron chi connectivity index (χ1n) is 4.87. The van der Waals surface area contributed by atoms with Crippen LogP contribution in [0.2, 0.25) is 0 Å². The topological polar surface area (TPSA) is 30.5 Å². The number of likely N-dealkylation sites (N-methyl/N-ethyl adjacent to an activating group) is 1. The van der Waals surface area contributed by atoms with Crippen molar-refractivity contribution in [3.05, 3.63) is 0 Å². The van der Waals surface area contributed by atoms with Crippen molar-refractivity contribution >= 4 is 0 Å². The Hall–Kier alpha value is -0.260. The number of ether oxygens (including phenoxy) is 2. The van der Waals surface area contributed by atoms with Crippen LogP contribution in [0.3, 0.4) is 0 Å². The molecule has 0 heterocycles. The molecule has 0 aliphatic heterocycles. The van der Waals surface area contributed by atoms with E-state index in [1.54, 1.807) is 0 Å². The summed E-state index contributed by atoms with van der Waals surface area (Å²) in [5, 5.41) is 3.06. The highest BCUT2D eigenvalue weighted by molar-refractivity contribution is 4.96. The number of nitrogens with one attached hydrogen (secondary N) is 1. The van der Waals surface area contributed by atoms with Gasteiger partial charge < -0.3 is 14.8 Å². The highest BCUT2D eigenvalue weighted by Gasteiger charge is 2.42. The van der Waals surface area contributed by atoms with Gasteiger partial charge in [0.1, 0.15) is 6.61 Å². The van der Waals surface area contributed by atoms with E-state index < -0.39 is 13.0 Å². The van der Waals surface area contributed by atoms with E-state index in [2.05, 4.69) is 5.32 Å². The SMILES string of the molecule is CCOC1C(NC)CC1OCC(F)F. The number of rotatable bonds is 6. The molecule has 1 rings (SSSR count). The molecule has 14 heavy (non-hydrogen) atoms. The smallest absolute Gasteiger partial charge is 0.261 e. The lowest BCUT2D eigenvalue weighted by molar-refractivity contribution is -0.158. The molecule has 1 aliphatic rings. The molecular weight excluding hydrogens is 192 g/mol. The zero-order valence-corrected chi connectivity index (χ0v) is 8.50. The van der Waals surface area contributed by atoms with Crippen LogP contribution in [0.1, 0.15) is 13.3 Å². The van der Waals surface area contributed by atoms with E-state index in [-0.39, 0.29) is 18.2 Å². The second-order valence-electron chi connectivity index (χ2n) is 3.31. The summed E-state index contributed by atoms with van der Waals surface area (Å²) in [5.74, 6) is 0. The number of halogens is 2. The highest BCUT2D eigenvalue weighted by Crippen LogP contribution is 2.27. The maximum atomic E-state index is 11.9. The van der Waals surface area contributed by atoms with Gasteiger partial charge in [-0.2, -0.15) is 0 Å². The molecule has 1 saturated carbocycles. The zero-order valence-electron chi connectivity index (χ0n) is 8.50. The van der Waals surface area contributed by atoms with Crippen molar-refractivity contribution in [2.45, 2.75) is 38.0 Å². The molecule has 5 heteroatoms. The lowest BCUT2D eigenvalue weighted by Crippen LogP contribution is -2.59. The number of hydrogen-bond acceptors (Lipinski definition) is 3. The third-order valence-electron chi connectivity index (χ3n) is 2.42. The van der Waals surface area contributed by atoms with E-state index in [1.165, 1.54) is 0 Å². The highest BCUT2D eigenvalue weighted by atomic mass is 19.3. The van der Waals surface area contributed by atoms with Crippen LogP contribution < -0.4 is 5.32 Å². The molecule has 0 aromatic rings. The fraction of sp³-hybridized carbons (Fsp3) is 1.00. The molecule has 3 atom stereocenters. The third kappa shape index (κ3) is 2.87. The summed E-state index contributed by atoms with van der Waals surface area (Å²) in [7, 11) is 1.83. The lowest BCUT2D eigenvalue weighted by atomic mass is 9.85. The Morgan fingerprint density at radius 1 is 1.43 bits per heavy atom. The molecule has 3 nitrogen and oxygen atoms in total. The Bertz CT molecular complexity index is 169. The van der Waals surface area contributed by atoms with Gasteiger partial charge in [0.05, 0.1) is 12.2 Å². The Balaban J connectivity index is 2.25. The Morgan fingerprint density at radius 3 is 2.64 bits per heavy atom. The molecule has 1 N–H and O–H groups in total. The maximum absolute atomic E-state index is 11.9. The quantitative estimate of drug-likeness (QED) is 0.709. The zero-order chi connectivity index (χ0) is 10.6. The van der Waals surface area contributed by atoms with Gasteiger partial charge in [0, 0.05) is 12.6 Å². The maximum Gasteiger partial charge on any atom is 0.261 e. The molecule has 0 bridgehead atoms. The molecule has 0 amide bonds. The van der Waals surface area contributed by atoms with Crippen molar-refractivity contribution in [2.24, 2.45) is 0 Å². The Labute approximate surface area is 82.8 Å². The van der Waals surface area contributed by atoms with Gasteiger partial charge >= 0.3 is 0 Å². The van der Waals surface area contributed by atoms with Crippen LogP contribution in [0.15, 0.2) is 0 Å². The van der Waals surface area contributed by atoms with Crippen molar-refractivity contribution in [2.75, 3.05) is 20.3 Å². The van der Waals surface area contributed by atoms with Gasteiger partial charge in [-0.05, 0) is 20.4 Å². The molecule has 0 aromatic carbocycles. The summed E-state index contributed by atoms with van der Waals surface area (Å²) in [6.45, 7) is 1.97. The molecule has 0 spiro atoms. The summed E-state index contributed by atoms with van der Waals surface area (Å²) in [6.07, 6.45) is -1.91. The van der Waals surface area contributed by atoms with E-state index in [4.69, 9.17) is 9.47 Å². The van der Waals surface area contributed by atoms with E-state index in [1.807, 2.05) is 14.0 Å².